The molecule has 1 aromatic rings. The van der Waals surface area contributed by atoms with E-state index in [9.17, 15) is 14.7 Å². The summed E-state index contributed by atoms with van der Waals surface area (Å²) >= 11 is 0. The Bertz CT molecular complexity index is 443. The Balaban J connectivity index is 3.19. The number of ether oxygens (including phenoxy) is 1. The molecule has 1 atom stereocenters. The van der Waals surface area contributed by atoms with Crippen molar-refractivity contribution in [2.75, 3.05) is 6.61 Å². The van der Waals surface area contributed by atoms with Crippen LogP contribution < -0.4 is 0 Å². The van der Waals surface area contributed by atoms with Gasteiger partial charge in [-0.3, -0.25) is 4.79 Å². The zero-order valence-corrected chi connectivity index (χ0v) is 10.7. The molecule has 0 aliphatic rings. The smallest absolute Gasteiger partial charge is 0.346 e. The van der Waals surface area contributed by atoms with Crippen molar-refractivity contribution in [1.82, 2.24) is 14.8 Å². The predicted octanol–water partition coefficient (Wildman–Crippen LogP) is 0.0278. The highest BCUT2D eigenvalue weighted by Gasteiger charge is 2.45. The standard InChI is InChI=1S/C11H17N3O4/c1-4-14-9(12-7-13-14)11(17,6-8(3)15)10(16)18-5-2/h7,17H,4-6H2,1-3H3. The summed E-state index contributed by atoms with van der Waals surface area (Å²) in [6, 6.07) is 0. The minimum Gasteiger partial charge on any atom is -0.463 e. The van der Waals surface area contributed by atoms with E-state index in [1.165, 1.54) is 17.9 Å². The molecular formula is C11H17N3O4. The van der Waals surface area contributed by atoms with Crippen molar-refractivity contribution in [2.45, 2.75) is 39.3 Å². The molecule has 0 saturated carbocycles. The summed E-state index contributed by atoms with van der Waals surface area (Å²) in [4.78, 5) is 27.0. The second kappa shape index (κ2) is 5.72. The summed E-state index contributed by atoms with van der Waals surface area (Å²) in [6.45, 7) is 5.24. The highest BCUT2D eigenvalue weighted by Crippen LogP contribution is 2.25. The number of rotatable bonds is 6. The summed E-state index contributed by atoms with van der Waals surface area (Å²) in [5.41, 5.74) is -2.08. The van der Waals surface area contributed by atoms with E-state index in [0.717, 1.165) is 0 Å². The van der Waals surface area contributed by atoms with Gasteiger partial charge in [-0.1, -0.05) is 0 Å². The van der Waals surface area contributed by atoms with Crippen molar-refractivity contribution >= 4 is 11.8 Å². The maximum absolute atomic E-state index is 11.9. The molecule has 18 heavy (non-hydrogen) atoms. The predicted molar refractivity (Wildman–Crippen MR) is 61.5 cm³/mol. The number of carbonyl (C=O) groups excluding carboxylic acids is 2. The number of nitrogens with zero attached hydrogens (tertiary/aromatic N) is 3. The first-order valence-electron chi connectivity index (χ1n) is 5.73. The average molecular weight is 255 g/mol. The molecule has 1 heterocycles. The normalized spacial score (nSPS) is 14.0. The van der Waals surface area contributed by atoms with Gasteiger partial charge in [0, 0.05) is 6.54 Å². The molecule has 0 fully saturated rings. The zero-order chi connectivity index (χ0) is 13.8. The van der Waals surface area contributed by atoms with Gasteiger partial charge in [0.25, 0.3) is 0 Å². The molecular weight excluding hydrogens is 238 g/mol. The van der Waals surface area contributed by atoms with E-state index >= 15 is 0 Å². The first-order valence-corrected chi connectivity index (χ1v) is 5.73. The van der Waals surface area contributed by atoms with Crippen LogP contribution in [-0.4, -0.2) is 38.2 Å². The van der Waals surface area contributed by atoms with Crippen LogP contribution in [0.4, 0.5) is 0 Å². The Morgan fingerprint density at radius 1 is 1.50 bits per heavy atom. The number of aliphatic hydroxyl groups is 1. The molecule has 0 aromatic carbocycles. The van der Waals surface area contributed by atoms with E-state index in [0.29, 0.717) is 6.54 Å². The van der Waals surface area contributed by atoms with E-state index in [2.05, 4.69) is 10.1 Å². The van der Waals surface area contributed by atoms with Gasteiger partial charge >= 0.3 is 5.97 Å². The fourth-order valence-corrected chi connectivity index (χ4v) is 1.67. The first kappa shape index (κ1) is 14.3. The van der Waals surface area contributed by atoms with E-state index < -0.39 is 11.6 Å². The van der Waals surface area contributed by atoms with Crippen molar-refractivity contribution in [3.8, 4) is 0 Å². The molecule has 0 saturated heterocycles. The van der Waals surface area contributed by atoms with Crippen LogP contribution in [0.25, 0.3) is 0 Å². The van der Waals surface area contributed by atoms with Crippen molar-refractivity contribution < 1.29 is 19.4 Å². The van der Waals surface area contributed by atoms with Gasteiger partial charge in [-0.15, -0.1) is 0 Å². The molecule has 1 aromatic heterocycles. The largest absolute Gasteiger partial charge is 0.463 e. The van der Waals surface area contributed by atoms with Crippen LogP contribution >= 0.6 is 0 Å². The summed E-state index contributed by atoms with van der Waals surface area (Å²) in [7, 11) is 0. The number of esters is 1. The Labute approximate surface area is 105 Å². The van der Waals surface area contributed by atoms with Crippen molar-refractivity contribution in [3.63, 3.8) is 0 Å². The van der Waals surface area contributed by atoms with Crippen LogP contribution in [0.1, 0.15) is 33.0 Å². The van der Waals surface area contributed by atoms with E-state index in [4.69, 9.17) is 4.74 Å². The zero-order valence-electron chi connectivity index (χ0n) is 10.7. The fourth-order valence-electron chi connectivity index (χ4n) is 1.67. The molecule has 1 rings (SSSR count). The van der Waals surface area contributed by atoms with Crippen LogP contribution in [-0.2, 0) is 26.5 Å². The lowest BCUT2D eigenvalue weighted by molar-refractivity contribution is -0.170. The second-order valence-electron chi connectivity index (χ2n) is 3.86. The number of aryl methyl sites for hydroxylation is 1. The minimum atomic E-state index is -2.08. The van der Waals surface area contributed by atoms with Crippen molar-refractivity contribution in [1.29, 1.82) is 0 Å². The molecule has 0 spiro atoms. The Hall–Kier alpha value is -1.76. The third-order valence-corrected chi connectivity index (χ3v) is 2.40. The summed E-state index contributed by atoms with van der Waals surface area (Å²) in [6.07, 6.45) is 0.841. The second-order valence-corrected chi connectivity index (χ2v) is 3.86. The topological polar surface area (TPSA) is 94.3 Å². The lowest BCUT2D eigenvalue weighted by Gasteiger charge is -2.23. The average Bonchev–Trinajstić information content (AvgIpc) is 2.76. The quantitative estimate of drug-likeness (QED) is 0.720. The molecule has 0 aliphatic carbocycles. The lowest BCUT2D eigenvalue weighted by Crippen LogP contribution is -2.41. The van der Waals surface area contributed by atoms with Crippen LogP contribution in [0.15, 0.2) is 6.33 Å². The molecule has 7 heteroatoms. The van der Waals surface area contributed by atoms with E-state index in [1.54, 1.807) is 13.8 Å². The molecule has 0 bridgehead atoms. The van der Waals surface area contributed by atoms with Gasteiger partial charge in [0.05, 0.1) is 13.0 Å². The van der Waals surface area contributed by atoms with Gasteiger partial charge in [0.2, 0.25) is 5.60 Å². The van der Waals surface area contributed by atoms with Crippen LogP contribution in [0.5, 0.6) is 0 Å². The van der Waals surface area contributed by atoms with E-state index in [-0.39, 0.29) is 24.6 Å². The highest BCUT2D eigenvalue weighted by atomic mass is 16.5. The van der Waals surface area contributed by atoms with Crippen LogP contribution in [0, 0.1) is 0 Å². The first-order chi connectivity index (χ1) is 8.45. The number of aromatic nitrogens is 3. The molecule has 0 aliphatic heterocycles. The Morgan fingerprint density at radius 3 is 2.67 bits per heavy atom. The van der Waals surface area contributed by atoms with Crippen molar-refractivity contribution in [2.24, 2.45) is 0 Å². The molecule has 1 unspecified atom stereocenters. The summed E-state index contributed by atoms with van der Waals surface area (Å²) < 4.78 is 6.17. The van der Waals surface area contributed by atoms with Crippen molar-refractivity contribution in [3.05, 3.63) is 12.2 Å². The third-order valence-electron chi connectivity index (χ3n) is 2.40. The van der Waals surface area contributed by atoms with Crippen LogP contribution in [0.3, 0.4) is 0 Å². The highest BCUT2D eigenvalue weighted by molar-refractivity contribution is 5.88. The van der Waals surface area contributed by atoms with Gasteiger partial charge in [0.1, 0.15) is 12.1 Å². The SMILES string of the molecule is CCOC(=O)C(O)(CC(C)=O)c1ncnn1CC. The van der Waals surface area contributed by atoms with Gasteiger partial charge < -0.3 is 9.84 Å². The number of ketones is 1. The van der Waals surface area contributed by atoms with Gasteiger partial charge in [-0.25, -0.2) is 14.5 Å². The Kier molecular flexibility index (Phi) is 4.55. The fraction of sp³-hybridized carbons (Fsp3) is 0.636. The maximum atomic E-state index is 11.9. The summed E-state index contributed by atoms with van der Waals surface area (Å²) in [5.74, 6) is -1.20. The van der Waals surface area contributed by atoms with Gasteiger partial charge in [0.15, 0.2) is 5.82 Å². The molecule has 100 valence electrons. The van der Waals surface area contributed by atoms with Crippen LogP contribution in [0.2, 0.25) is 0 Å². The monoisotopic (exact) mass is 255 g/mol. The lowest BCUT2D eigenvalue weighted by atomic mass is 9.96. The number of hydrogen-bond acceptors (Lipinski definition) is 6. The molecule has 1 N–H and O–H groups in total. The number of hydrogen-bond donors (Lipinski definition) is 1. The van der Waals surface area contributed by atoms with E-state index in [1.807, 2.05) is 0 Å². The molecule has 7 nitrogen and oxygen atoms in total. The summed E-state index contributed by atoms with van der Waals surface area (Å²) in [5, 5.41) is 14.3. The molecule has 0 amide bonds. The van der Waals surface area contributed by atoms with Gasteiger partial charge in [-0.05, 0) is 20.8 Å². The third kappa shape index (κ3) is 2.73. The Morgan fingerprint density at radius 2 is 2.17 bits per heavy atom. The molecule has 0 radical (unpaired) electrons. The number of carbonyl (C=O) groups is 2. The maximum Gasteiger partial charge on any atom is 0.346 e. The number of Topliss-reactive ketones (excluding diaryl/α,β-unsaturated/α-hetero) is 1. The minimum absolute atomic E-state index is 0.0265. The van der Waals surface area contributed by atoms with Gasteiger partial charge in [-0.2, -0.15) is 5.10 Å².